The van der Waals surface area contributed by atoms with Gasteiger partial charge in [-0.2, -0.15) is 12.7 Å². The molecule has 53 heavy (non-hydrogen) atoms. The highest BCUT2D eigenvalue weighted by Gasteiger charge is 2.37. The van der Waals surface area contributed by atoms with Gasteiger partial charge in [-0.3, -0.25) is 14.3 Å². The number of hydrogen-bond acceptors (Lipinski definition) is 9. The second kappa shape index (κ2) is 15.1. The van der Waals surface area contributed by atoms with E-state index in [1.54, 1.807) is 22.9 Å². The fraction of sp³-hybridized carbons (Fsp3) is 0.556. The molecule has 286 valence electrons. The number of benzene rings is 2. The topological polar surface area (TPSA) is 184 Å². The summed E-state index contributed by atoms with van der Waals surface area (Å²) in [7, 11) is -2.08. The molecule has 0 spiro atoms. The van der Waals surface area contributed by atoms with E-state index in [9.17, 15) is 27.6 Å². The minimum atomic E-state index is -3.72. The molecule has 1 atom stereocenters. The van der Waals surface area contributed by atoms with Crippen LogP contribution in [0.15, 0.2) is 45.6 Å². The SMILES string of the molecule is Cc1cc(CC(OC(=O)N2CCC(N3CCc4ccccc4NC3=O)CC2)C(=O)N2CCC(N3CCN(S(N)(=O)=O)CC3)CC2)cc2oc(=O)n(C)c12. The van der Waals surface area contributed by atoms with E-state index in [2.05, 4.69) is 10.2 Å². The molecule has 0 bridgehead atoms. The minimum Gasteiger partial charge on any atom is -0.436 e. The van der Waals surface area contributed by atoms with Crippen LogP contribution in [0.1, 0.15) is 42.4 Å². The maximum atomic E-state index is 14.2. The summed E-state index contributed by atoms with van der Waals surface area (Å²) in [6, 6.07) is 11.4. The molecule has 0 radical (unpaired) electrons. The van der Waals surface area contributed by atoms with Crippen molar-refractivity contribution in [2.45, 2.75) is 63.6 Å². The molecule has 4 aliphatic rings. The van der Waals surface area contributed by atoms with Crippen LogP contribution in [0.3, 0.4) is 0 Å². The van der Waals surface area contributed by atoms with Crippen LogP contribution < -0.4 is 16.2 Å². The number of carbonyl (C=O) groups is 3. The first kappa shape index (κ1) is 36.9. The van der Waals surface area contributed by atoms with Crippen molar-refractivity contribution < 1.29 is 32.0 Å². The van der Waals surface area contributed by atoms with Gasteiger partial charge in [0.15, 0.2) is 11.7 Å². The molecule has 3 fully saturated rings. The smallest absolute Gasteiger partial charge is 0.419 e. The van der Waals surface area contributed by atoms with Crippen LogP contribution in [-0.2, 0) is 39.6 Å². The van der Waals surface area contributed by atoms with Crippen LogP contribution in [0.2, 0.25) is 0 Å². The Kier molecular flexibility index (Phi) is 10.5. The van der Waals surface area contributed by atoms with Gasteiger partial charge in [0.25, 0.3) is 16.1 Å². The van der Waals surface area contributed by atoms with Crippen molar-refractivity contribution in [3.63, 3.8) is 0 Å². The lowest BCUT2D eigenvalue weighted by Crippen LogP contribution is -2.56. The molecule has 1 unspecified atom stereocenters. The number of para-hydroxylation sites is 1. The van der Waals surface area contributed by atoms with Gasteiger partial charge in [0.2, 0.25) is 0 Å². The number of rotatable bonds is 7. The first-order valence-corrected chi connectivity index (χ1v) is 19.9. The third-order valence-electron chi connectivity index (χ3n) is 11.3. The normalized spacial score (nSPS) is 20.6. The van der Waals surface area contributed by atoms with Crippen LogP contribution >= 0.6 is 0 Å². The van der Waals surface area contributed by atoms with Gasteiger partial charge in [0.05, 0.1) is 5.52 Å². The van der Waals surface area contributed by atoms with Gasteiger partial charge >= 0.3 is 17.9 Å². The predicted octanol–water partition coefficient (Wildman–Crippen LogP) is 1.85. The lowest BCUT2D eigenvalue weighted by molar-refractivity contribution is -0.142. The van der Waals surface area contributed by atoms with Gasteiger partial charge in [0.1, 0.15) is 0 Å². The summed E-state index contributed by atoms with van der Waals surface area (Å²) in [5.41, 5.74) is 4.48. The average molecular weight is 753 g/mol. The number of nitrogens with zero attached hydrogens (tertiary/aromatic N) is 6. The van der Waals surface area contributed by atoms with Crippen LogP contribution in [0.25, 0.3) is 11.1 Å². The van der Waals surface area contributed by atoms with Gasteiger partial charge in [-0.25, -0.2) is 19.5 Å². The number of aryl methyl sites for hydroxylation is 2. The number of piperidine rings is 2. The zero-order chi connectivity index (χ0) is 37.4. The molecular weight excluding hydrogens is 705 g/mol. The van der Waals surface area contributed by atoms with Crippen molar-refractivity contribution in [1.29, 1.82) is 0 Å². The number of amides is 4. The van der Waals surface area contributed by atoms with E-state index in [0.717, 1.165) is 23.2 Å². The highest BCUT2D eigenvalue weighted by Crippen LogP contribution is 2.27. The standard InChI is InChI=1S/C36H48N8O8S/c1-24-21-25(22-30-32(24)39(2)35(47)51-30)23-31(33(45)41-12-8-27(9-13-41)40-17-19-43(20-18-40)53(37,49)50)52-36(48)42-14-10-28(11-15-42)44-16-7-26-5-3-4-6-29(26)38-34(44)46/h3-6,21-22,27-28,31H,7-20,23H2,1-2H3,(H,38,46)(H2,37,49,50). The number of hydrogen-bond donors (Lipinski definition) is 2. The lowest BCUT2D eigenvalue weighted by Gasteiger charge is -2.42. The average Bonchev–Trinajstić information content (AvgIpc) is 3.32. The van der Waals surface area contributed by atoms with E-state index in [4.69, 9.17) is 14.3 Å². The first-order valence-electron chi connectivity index (χ1n) is 18.4. The Morgan fingerprint density at radius 3 is 2.28 bits per heavy atom. The van der Waals surface area contributed by atoms with Gasteiger partial charge in [-0.1, -0.05) is 24.3 Å². The first-order chi connectivity index (χ1) is 25.4. The summed E-state index contributed by atoms with van der Waals surface area (Å²) in [5.74, 6) is -0.780. The quantitative estimate of drug-likeness (QED) is 0.364. The lowest BCUT2D eigenvalue weighted by atomic mass is 9.99. The number of nitrogens with one attached hydrogen (secondary N) is 1. The maximum absolute atomic E-state index is 14.2. The summed E-state index contributed by atoms with van der Waals surface area (Å²) >= 11 is 0. The number of carbonyl (C=O) groups excluding carboxylic acids is 3. The van der Waals surface area contributed by atoms with Crippen molar-refractivity contribution in [2.75, 3.05) is 64.2 Å². The van der Waals surface area contributed by atoms with Crippen LogP contribution in [0, 0.1) is 6.92 Å². The van der Waals surface area contributed by atoms with Crippen molar-refractivity contribution in [3.05, 3.63) is 63.6 Å². The molecule has 4 amide bonds. The number of likely N-dealkylation sites (tertiary alicyclic amines) is 2. The Labute approximate surface area is 308 Å². The molecule has 5 heterocycles. The maximum Gasteiger partial charge on any atom is 0.419 e. The molecular formula is C36H48N8O8S. The Hall–Kier alpha value is -4.45. The minimum absolute atomic E-state index is 0.0370. The molecule has 4 aliphatic heterocycles. The van der Waals surface area contributed by atoms with E-state index in [0.29, 0.717) is 101 Å². The zero-order valence-electron chi connectivity index (χ0n) is 30.2. The summed E-state index contributed by atoms with van der Waals surface area (Å²) in [5, 5.41) is 8.34. The number of urea groups is 1. The third-order valence-corrected chi connectivity index (χ3v) is 12.4. The number of oxazole rings is 1. The monoisotopic (exact) mass is 752 g/mol. The van der Waals surface area contributed by atoms with Crippen molar-refractivity contribution in [3.8, 4) is 0 Å². The summed E-state index contributed by atoms with van der Waals surface area (Å²) in [6.07, 6.45) is 1.71. The number of nitrogens with two attached hydrogens (primary N) is 1. The summed E-state index contributed by atoms with van der Waals surface area (Å²) < 4.78 is 37.8. The molecule has 17 heteroatoms. The van der Waals surface area contributed by atoms with Crippen molar-refractivity contribution >= 4 is 45.0 Å². The van der Waals surface area contributed by atoms with Gasteiger partial charge in [0, 0.05) is 90.1 Å². The Morgan fingerprint density at radius 1 is 0.925 bits per heavy atom. The number of aromatic nitrogens is 1. The van der Waals surface area contributed by atoms with E-state index in [-0.39, 0.29) is 30.4 Å². The molecule has 3 N–H and O–H groups in total. The number of fused-ring (bicyclic) bond motifs is 2. The molecule has 3 aromatic rings. The largest absolute Gasteiger partial charge is 0.436 e. The van der Waals surface area contributed by atoms with Crippen LogP contribution in [0.5, 0.6) is 0 Å². The van der Waals surface area contributed by atoms with Gasteiger partial charge in [-0.05, 0) is 67.9 Å². The number of piperazine rings is 1. The Morgan fingerprint density at radius 2 is 1.58 bits per heavy atom. The molecule has 7 rings (SSSR count). The van der Waals surface area contributed by atoms with Crippen molar-refractivity contribution in [2.24, 2.45) is 12.2 Å². The fourth-order valence-corrected chi connectivity index (χ4v) is 9.04. The van der Waals surface area contributed by atoms with Crippen molar-refractivity contribution in [1.82, 2.24) is 28.5 Å². The Bertz CT molecular complexity index is 2030. The fourth-order valence-electron chi connectivity index (χ4n) is 8.36. The highest BCUT2D eigenvalue weighted by molar-refractivity contribution is 7.86. The predicted molar refractivity (Wildman–Crippen MR) is 196 cm³/mol. The van der Waals surface area contributed by atoms with E-state index in [1.165, 1.54) is 8.87 Å². The van der Waals surface area contributed by atoms with Gasteiger partial charge in [-0.15, -0.1) is 0 Å². The van der Waals surface area contributed by atoms with E-state index < -0.39 is 28.2 Å². The highest BCUT2D eigenvalue weighted by atomic mass is 32.2. The molecule has 1 aromatic heterocycles. The van der Waals surface area contributed by atoms with Crippen LogP contribution in [-0.4, -0.2) is 132 Å². The summed E-state index contributed by atoms with van der Waals surface area (Å²) in [6.45, 7) is 5.94. The molecule has 16 nitrogen and oxygen atoms in total. The van der Waals surface area contributed by atoms with E-state index >= 15 is 0 Å². The van der Waals surface area contributed by atoms with E-state index in [1.807, 2.05) is 42.2 Å². The second-order valence-corrected chi connectivity index (χ2v) is 16.1. The zero-order valence-corrected chi connectivity index (χ0v) is 31.1. The third kappa shape index (κ3) is 7.93. The summed E-state index contributed by atoms with van der Waals surface area (Å²) in [4.78, 5) is 60.8. The molecule has 2 aromatic carbocycles. The second-order valence-electron chi connectivity index (χ2n) is 14.5. The molecule has 0 aliphatic carbocycles. The number of anilines is 1. The van der Waals surface area contributed by atoms with Crippen LogP contribution in [0.4, 0.5) is 15.3 Å². The number of ether oxygens (including phenoxy) is 1. The Balaban J connectivity index is 1.01. The molecule has 0 saturated carbocycles. The van der Waals surface area contributed by atoms with Gasteiger partial charge < -0.3 is 29.2 Å². The molecule has 3 saturated heterocycles.